The van der Waals surface area contributed by atoms with Crippen molar-refractivity contribution in [2.24, 2.45) is 5.92 Å². The van der Waals surface area contributed by atoms with E-state index in [0.29, 0.717) is 19.3 Å². The fourth-order valence-electron chi connectivity index (χ4n) is 6.07. The third kappa shape index (κ3) is 40.7. The molecule has 11 nitrogen and oxygen atoms in total. The number of phosphoric acid groups is 1. The molecule has 0 aliphatic rings. The number of allylic oxidation sites excluding steroid dienone is 5. The Morgan fingerprint density at radius 3 is 1.81 bits per heavy atom. The van der Waals surface area contributed by atoms with Gasteiger partial charge < -0.3 is 29.7 Å². The minimum atomic E-state index is -4.66. The fraction of sp³-hybridized carbons (Fsp3) is 0.822. The lowest BCUT2D eigenvalue weighted by molar-refractivity contribution is -0.161. The summed E-state index contributed by atoms with van der Waals surface area (Å²) in [6, 6.07) is 0. The molecular weight excluding hydrogens is 747 g/mol. The van der Waals surface area contributed by atoms with Gasteiger partial charge in [0.15, 0.2) is 6.10 Å². The normalized spacial score (nSPS) is 14.8. The van der Waals surface area contributed by atoms with Crippen LogP contribution in [0.25, 0.3) is 0 Å². The Bertz CT molecular complexity index is 1080. The molecular formula is C45H83O11P. The minimum absolute atomic E-state index is 0.0187. The van der Waals surface area contributed by atoms with Gasteiger partial charge in [-0.15, -0.1) is 0 Å². The largest absolute Gasteiger partial charge is 0.472 e. The summed E-state index contributed by atoms with van der Waals surface area (Å²) in [7, 11) is -4.66. The van der Waals surface area contributed by atoms with Crippen molar-refractivity contribution in [2.45, 2.75) is 206 Å². The first-order valence-corrected chi connectivity index (χ1v) is 23.9. The number of rotatable bonds is 41. The molecule has 4 atom stereocenters. The number of aliphatic hydroxyl groups excluding tert-OH is 3. The first-order chi connectivity index (χ1) is 27.5. The van der Waals surface area contributed by atoms with Crippen LogP contribution in [0.5, 0.6) is 0 Å². The van der Waals surface area contributed by atoms with Gasteiger partial charge in [0.2, 0.25) is 0 Å². The van der Waals surface area contributed by atoms with Crippen molar-refractivity contribution in [2.75, 3.05) is 26.4 Å². The Kier molecular flexibility index (Phi) is 38.3. The van der Waals surface area contributed by atoms with Gasteiger partial charge in [0.25, 0.3) is 0 Å². The average molecular weight is 831 g/mol. The number of unbranched alkanes of at least 4 members (excludes halogenated alkanes) is 18. The number of phosphoric ester groups is 1. The van der Waals surface area contributed by atoms with E-state index in [9.17, 15) is 29.3 Å². The number of aliphatic hydroxyl groups is 3. The average Bonchev–Trinajstić information content (AvgIpc) is 3.18. The van der Waals surface area contributed by atoms with Gasteiger partial charge in [-0.3, -0.25) is 18.6 Å². The van der Waals surface area contributed by atoms with Crippen LogP contribution in [0.3, 0.4) is 0 Å². The molecule has 2 unspecified atom stereocenters. The van der Waals surface area contributed by atoms with E-state index in [4.69, 9.17) is 19.1 Å². The summed E-state index contributed by atoms with van der Waals surface area (Å²) >= 11 is 0. The highest BCUT2D eigenvalue weighted by Gasteiger charge is 2.27. The number of hydrogen-bond acceptors (Lipinski definition) is 10. The molecule has 0 aromatic rings. The lowest BCUT2D eigenvalue weighted by Gasteiger charge is -2.20. The quantitative estimate of drug-likeness (QED) is 0.0152. The summed E-state index contributed by atoms with van der Waals surface area (Å²) < 4.78 is 32.6. The van der Waals surface area contributed by atoms with Gasteiger partial charge in [-0.2, -0.15) is 0 Å². The maximum atomic E-state index is 12.6. The number of hydrogen-bond donors (Lipinski definition) is 4. The van der Waals surface area contributed by atoms with E-state index < -0.39 is 64.5 Å². The van der Waals surface area contributed by atoms with Crippen molar-refractivity contribution < 1.29 is 52.9 Å². The Labute approximate surface area is 346 Å². The molecule has 0 aliphatic heterocycles. The van der Waals surface area contributed by atoms with Crippen molar-refractivity contribution in [3.8, 4) is 0 Å². The minimum Gasteiger partial charge on any atom is -0.462 e. The second kappa shape index (κ2) is 39.6. The van der Waals surface area contributed by atoms with Crippen LogP contribution in [-0.4, -0.2) is 76.9 Å². The zero-order valence-corrected chi connectivity index (χ0v) is 37.0. The lowest BCUT2D eigenvalue weighted by atomic mass is 10.0. The predicted octanol–water partition coefficient (Wildman–Crippen LogP) is 10.8. The Hall–Kier alpha value is -1.85. The van der Waals surface area contributed by atoms with Crippen LogP contribution >= 0.6 is 7.82 Å². The van der Waals surface area contributed by atoms with Gasteiger partial charge >= 0.3 is 19.8 Å². The van der Waals surface area contributed by atoms with Crippen LogP contribution in [0.15, 0.2) is 36.5 Å². The van der Waals surface area contributed by atoms with Crippen molar-refractivity contribution in [3.05, 3.63) is 36.5 Å². The molecule has 0 bridgehead atoms. The van der Waals surface area contributed by atoms with Gasteiger partial charge in [0, 0.05) is 12.8 Å². The molecule has 0 aromatic carbocycles. The van der Waals surface area contributed by atoms with Crippen LogP contribution in [-0.2, 0) is 32.7 Å². The van der Waals surface area contributed by atoms with Crippen LogP contribution in [0.2, 0.25) is 0 Å². The highest BCUT2D eigenvalue weighted by molar-refractivity contribution is 7.47. The zero-order valence-electron chi connectivity index (χ0n) is 36.1. The smallest absolute Gasteiger partial charge is 0.462 e. The summed E-state index contributed by atoms with van der Waals surface area (Å²) in [5.74, 6) is -0.312. The molecule has 0 spiro atoms. The standard InChI is InChI=1S/C45H83O11P/c1-4-5-6-7-8-9-10-12-16-19-22-25-28-32-41(47)33-30-35-44(49)53-38-43(39-55-57(51,52)54-37-42(48)36-46)56-45(50)34-29-26-23-20-17-14-11-13-15-18-21-24-27-31-40(2)3/h12,16,22,25,28,32,40-43,46-48H,4-11,13-15,17-21,23-24,26-27,29-31,33-39H2,1-3H3,(H,51,52)/b16-12+,25-22+,32-28+/t41?,42-,43+/m0/s1. The van der Waals surface area contributed by atoms with Gasteiger partial charge in [0.05, 0.1) is 25.9 Å². The third-order valence-electron chi connectivity index (χ3n) is 9.58. The lowest BCUT2D eigenvalue weighted by Crippen LogP contribution is -2.30. The van der Waals surface area contributed by atoms with E-state index in [0.717, 1.165) is 38.0 Å². The van der Waals surface area contributed by atoms with Gasteiger partial charge in [-0.1, -0.05) is 173 Å². The van der Waals surface area contributed by atoms with E-state index in [2.05, 4.69) is 37.4 Å². The zero-order chi connectivity index (χ0) is 42.2. The Morgan fingerprint density at radius 1 is 0.632 bits per heavy atom. The number of carbonyl (C=O) groups is 2. The van der Waals surface area contributed by atoms with E-state index >= 15 is 0 Å². The molecule has 0 aromatic heterocycles. The number of carbonyl (C=O) groups excluding carboxylic acids is 2. The highest BCUT2D eigenvalue weighted by Crippen LogP contribution is 2.43. The van der Waals surface area contributed by atoms with Gasteiger partial charge in [0.1, 0.15) is 12.7 Å². The van der Waals surface area contributed by atoms with E-state index in [-0.39, 0.29) is 12.8 Å². The predicted molar refractivity (Wildman–Crippen MR) is 230 cm³/mol. The van der Waals surface area contributed by atoms with E-state index in [1.165, 1.54) is 103 Å². The molecule has 0 radical (unpaired) electrons. The maximum absolute atomic E-state index is 12.6. The Morgan fingerprint density at radius 2 is 1.19 bits per heavy atom. The van der Waals surface area contributed by atoms with Crippen molar-refractivity contribution in [1.82, 2.24) is 0 Å². The van der Waals surface area contributed by atoms with Crippen molar-refractivity contribution in [1.29, 1.82) is 0 Å². The number of ether oxygens (including phenoxy) is 2. The summed E-state index contributed by atoms with van der Waals surface area (Å²) in [4.78, 5) is 35.0. The van der Waals surface area contributed by atoms with Gasteiger partial charge in [-0.25, -0.2) is 4.57 Å². The molecule has 0 saturated carbocycles. The summed E-state index contributed by atoms with van der Waals surface area (Å²) in [5.41, 5.74) is 0. The molecule has 0 amide bonds. The van der Waals surface area contributed by atoms with Crippen LogP contribution in [0.1, 0.15) is 188 Å². The molecule has 334 valence electrons. The first kappa shape index (κ1) is 55.2. The summed E-state index contributed by atoms with van der Waals surface area (Å²) in [6.45, 7) is 4.49. The maximum Gasteiger partial charge on any atom is 0.472 e. The van der Waals surface area contributed by atoms with Crippen LogP contribution in [0.4, 0.5) is 0 Å². The monoisotopic (exact) mass is 831 g/mol. The molecule has 57 heavy (non-hydrogen) atoms. The second-order valence-corrected chi connectivity index (χ2v) is 17.2. The molecule has 0 fully saturated rings. The van der Waals surface area contributed by atoms with Crippen LogP contribution < -0.4 is 0 Å². The molecule has 0 rings (SSSR count). The number of esters is 2. The third-order valence-corrected chi connectivity index (χ3v) is 10.5. The van der Waals surface area contributed by atoms with Crippen molar-refractivity contribution >= 4 is 19.8 Å². The first-order valence-electron chi connectivity index (χ1n) is 22.4. The van der Waals surface area contributed by atoms with Gasteiger partial charge in [-0.05, 0) is 44.4 Å². The van der Waals surface area contributed by atoms with Crippen LogP contribution in [0, 0.1) is 5.92 Å². The topological polar surface area (TPSA) is 169 Å². The van der Waals surface area contributed by atoms with Crippen molar-refractivity contribution in [3.63, 3.8) is 0 Å². The fourth-order valence-corrected chi connectivity index (χ4v) is 6.86. The SMILES string of the molecule is CCCCCCCC/C=C/C/C=C/C=C/C(O)CCCC(=O)OC[C@H](COP(=O)(O)OC[C@@H](O)CO)OC(=O)CCCCCCCCCCCCCCCC(C)C. The highest BCUT2D eigenvalue weighted by atomic mass is 31.2. The molecule has 0 heterocycles. The molecule has 12 heteroatoms. The molecule has 0 saturated heterocycles. The van der Waals surface area contributed by atoms with E-state index in [1.807, 2.05) is 12.2 Å². The summed E-state index contributed by atoms with van der Waals surface area (Å²) in [5, 5.41) is 28.6. The van der Waals surface area contributed by atoms with E-state index in [1.54, 1.807) is 12.2 Å². The molecule has 4 N–H and O–H groups in total. The Balaban J connectivity index is 4.44. The second-order valence-electron chi connectivity index (χ2n) is 15.8. The summed E-state index contributed by atoms with van der Waals surface area (Å²) in [6.07, 6.45) is 35.7. The molecule has 0 aliphatic carbocycles.